The summed E-state index contributed by atoms with van der Waals surface area (Å²) in [6.07, 6.45) is -0.455. The van der Waals surface area contributed by atoms with Crippen LogP contribution in [0.25, 0.3) is 0 Å². The van der Waals surface area contributed by atoms with E-state index in [2.05, 4.69) is 10.5 Å². The normalized spacial score (nSPS) is 11.2. The van der Waals surface area contributed by atoms with Crippen molar-refractivity contribution in [1.82, 2.24) is 10.5 Å². The van der Waals surface area contributed by atoms with Gasteiger partial charge in [0.2, 0.25) is 0 Å². The lowest BCUT2D eigenvalue weighted by molar-refractivity contribution is 0.0522. The zero-order valence-electron chi connectivity index (χ0n) is 9.46. The average Bonchev–Trinajstić information content (AvgIpc) is 2.45. The number of carbonyl (C=O) groups is 1. The number of amides is 1. The van der Waals surface area contributed by atoms with E-state index in [1.807, 2.05) is 20.8 Å². The molecule has 0 atom stereocenters. The molecule has 0 bridgehead atoms. The van der Waals surface area contributed by atoms with Crippen LogP contribution in [0.4, 0.5) is 4.79 Å². The molecule has 0 saturated carbocycles. The number of alkyl carbamates (subject to hydrolysis) is 1. The van der Waals surface area contributed by atoms with E-state index in [1.54, 1.807) is 13.0 Å². The Bertz CT molecular complexity index is 339. The van der Waals surface area contributed by atoms with Crippen LogP contribution in [-0.4, -0.2) is 16.9 Å². The van der Waals surface area contributed by atoms with Gasteiger partial charge in [-0.25, -0.2) is 4.79 Å². The zero-order chi connectivity index (χ0) is 11.5. The van der Waals surface area contributed by atoms with Gasteiger partial charge >= 0.3 is 6.09 Å². The summed E-state index contributed by atoms with van der Waals surface area (Å²) >= 11 is 0. The Morgan fingerprint density at radius 3 is 2.73 bits per heavy atom. The molecule has 1 amide bonds. The minimum absolute atomic E-state index is 0.312. The summed E-state index contributed by atoms with van der Waals surface area (Å²) in [5, 5.41) is 6.32. The Morgan fingerprint density at radius 2 is 2.27 bits per heavy atom. The van der Waals surface area contributed by atoms with Crippen molar-refractivity contribution < 1.29 is 14.1 Å². The highest BCUT2D eigenvalue weighted by Gasteiger charge is 2.15. The second-order valence-corrected chi connectivity index (χ2v) is 4.28. The second kappa shape index (κ2) is 4.33. The molecule has 0 radical (unpaired) electrons. The van der Waals surface area contributed by atoms with E-state index in [9.17, 15) is 4.79 Å². The molecule has 1 heterocycles. The van der Waals surface area contributed by atoms with Crippen molar-refractivity contribution in [1.29, 1.82) is 0 Å². The molecule has 0 unspecified atom stereocenters. The van der Waals surface area contributed by atoms with E-state index in [0.717, 1.165) is 5.76 Å². The number of carbonyl (C=O) groups excluding carboxylic acids is 1. The number of ether oxygens (including phenoxy) is 1. The van der Waals surface area contributed by atoms with Crippen LogP contribution >= 0.6 is 0 Å². The largest absolute Gasteiger partial charge is 0.444 e. The molecule has 0 aliphatic carbocycles. The molecule has 84 valence electrons. The number of aryl methyl sites for hydroxylation is 1. The van der Waals surface area contributed by atoms with Gasteiger partial charge in [-0.3, -0.25) is 0 Å². The van der Waals surface area contributed by atoms with Crippen molar-refractivity contribution in [2.75, 3.05) is 0 Å². The van der Waals surface area contributed by atoms with Gasteiger partial charge in [-0.05, 0) is 27.7 Å². The number of hydrogen-bond acceptors (Lipinski definition) is 4. The fraction of sp³-hybridized carbons (Fsp3) is 0.600. The maximum Gasteiger partial charge on any atom is 0.407 e. The molecule has 0 aliphatic rings. The van der Waals surface area contributed by atoms with Crippen molar-refractivity contribution in [2.45, 2.75) is 39.8 Å². The Balaban J connectivity index is 2.35. The van der Waals surface area contributed by atoms with Crippen molar-refractivity contribution >= 4 is 6.09 Å². The maximum atomic E-state index is 11.2. The third kappa shape index (κ3) is 4.49. The zero-order valence-corrected chi connectivity index (χ0v) is 9.46. The van der Waals surface area contributed by atoms with Gasteiger partial charge in [-0.15, -0.1) is 0 Å². The van der Waals surface area contributed by atoms with Crippen molar-refractivity contribution in [3.63, 3.8) is 0 Å². The summed E-state index contributed by atoms with van der Waals surface area (Å²) in [5.74, 6) is 0.719. The average molecular weight is 212 g/mol. The molecule has 15 heavy (non-hydrogen) atoms. The lowest BCUT2D eigenvalue weighted by Gasteiger charge is -2.19. The number of nitrogens with one attached hydrogen (secondary N) is 1. The van der Waals surface area contributed by atoms with Crippen LogP contribution in [0.2, 0.25) is 0 Å². The number of hydrogen-bond donors (Lipinski definition) is 1. The Hall–Kier alpha value is -1.52. The monoisotopic (exact) mass is 212 g/mol. The molecular formula is C10H16N2O3. The van der Waals surface area contributed by atoms with Crippen molar-refractivity contribution in [3.8, 4) is 0 Å². The standard InChI is InChI=1S/C10H16N2O3/c1-7-5-8(12-15-7)6-11-9(13)14-10(2,3)4/h5H,6H2,1-4H3,(H,11,13). The summed E-state index contributed by atoms with van der Waals surface area (Å²) in [4.78, 5) is 11.2. The summed E-state index contributed by atoms with van der Waals surface area (Å²) < 4.78 is 9.91. The van der Waals surface area contributed by atoms with Crippen LogP contribution in [0, 0.1) is 6.92 Å². The van der Waals surface area contributed by atoms with Crippen LogP contribution in [0.3, 0.4) is 0 Å². The minimum atomic E-state index is -0.482. The molecule has 0 saturated heterocycles. The first kappa shape index (κ1) is 11.6. The maximum absolute atomic E-state index is 11.2. The second-order valence-electron chi connectivity index (χ2n) is 4.28. The van der Waals surface area contributed by atoms with Gasteiger partial charge in [0.1, 0.15) is 17.1 Å². The fourth-order valence-electron chi connectivity index (χ4n) is 0.978. The first-order valence-corrected chi connectivity index (χ1v) is 4.76. The van der Waals surface area contributed by atoms with Gasteiger partial charge in [-0.2, -0.15) is 0 Å². The Morgan fingerprint density at radius 1 is 1.60 bits per heavy atom. The first-order chi connectivity index (χ1) is 6.87. The fourth-order valence-corrected chi connectivity index (χ4v) is 0.978. The third-order valence-electron chi connectivity index (χ3n) is 1.49. The van der Waals surface area contributed by atoms with Gasteiger partial charge in [-0.1, -0.05) is 5.16 Å². The molecule has 1 rings (SSSR count). The molecular weight excluding hydrogens is 196 g/mol. The quantitative estimate of drug-likeness (QED) is 0.814. The summed E-state index contributed by atoms with van der Waals surface area (Å²) in [6, 6.07) is 1.76. The molecule has 0 spiro atoms. The van der Waals surface area contributed by atoms with Crippen LogP contribution in [0.5, 0.6) is 0 Å². The molecule has 1 aromatic heterocycles. The van der Waals surface area contributed by atoms with E-state index >= 15 is 0 Å². The summed E-state index contributed by atoms with van der Waals surface area (Å²) in [7, 11) is 0. The number of nitrogens with zero attached hydrogens (tertiary/aromatic N) is 1. The lowest BCUT2D eigenvalue weighted by atomic mass is 10.2. The van der Waals surface area contributed by atoms with Crippen LogP contribution in [-0.2, 0) is 11.3 Å². The topological polar surface area (TPSA) is 64.4 Å². The molecule has 0 fully saturated rings. The smallest absolute Gasteiger partial charge is 0.407 e. The highest BCUT2D eigenvalue weighted by molar-refractivity contribution is 5.67. The van der Waals surface area contributed by atoms with E-state index in [-0.39, 0.29) is 0 Å². The first-order valence-electron chi connectivity index (χ1n) is 4.76. The van der Waals surface area contributed by atoms with Crippen molar-refractivity contribution in [3.05, 3.63) is 17.5 Å². The van der Waals surface area contributed by atoms with Gasteiger partial charge < -0.3 is 14.6 Å². The van der Waals surface area contributed by atoms with Crippen LogP contribution < -0.4 is 5.32 Å². The van der Waals surface area contributed by atoms with Gasteiger partial charge in [0, 0.05) is 6.07 Å². The number of aromatic nitrogens is 1. The van der Waals surface area contributed by atoms with Gasteiger partial charge in [0.25, 0.3) is 0 Å². The SMILES string of the molecule is Cc1cc(CNC(=O)OC(C)(C)C)no1. The van der Waals surface area contributed by atoms with E-state index < -0.39 is 11.7 Å². The van der Waals surface area contributed by atoms with Crippen LogP contribution in [0.1, 0.15) is 32.2 Å². The Kier molecular flexibility index (Phi) is 3.34. The third-order valence-corrected chi connectivity index (χ3v) is 1.49. The highest BCUT2D eigenvalue weighted by atomic mass is 16.6. The van der Waals surface area contributed by atoms with E-state index in [1.165, 1.54) is 0 Å². The van der Waals surface area contributed by atoms with Gasteiger partial charge in [0.05, 0.1) is 6.54 Å². The molecule has 1 aromatic rings. The van der Waals surface area contributed by atoms with Crippen LogP contribution in [0.15, 0.2) is 10.6 Å². The van der Waals surface area contributed by atoms with Gasteiger partial charge in [0.15, 0.2) is 0 Å². The molecule has 0 aliphatic heterocycles. The Labute approximate surface area is 88.8 Å². The molecule has 5 heteroatoms. The number of rotatable bonds is 2. The highest BCUT2D eigenvalue weighted by Crippen LogP contribution is 2.07. The summed E-state index contributed by atoms with van der Waals surface area (Å²) in [6.45, 7) is 7.54. The van der Waals surface area contributed by atoms with Crippen molar-refractivity contribution in [2.24, 2.45) is 0 Å². The van der Waals surface area contributed by atoms with E-state index in [0.29, 0.717) is 12.2 Å². The predicted octanol–water partition coefficient (Wildman–Crippen LogP) is 2.01. The molecule has 1 N–H and O–H groups in total. The van der Waals surface area contributed by atoms with E-state index in [4.69, 9.17) is 9.26 Å². The summed E-state index contributed by atoms with van der Waals surface area (Å²) in [5.41, 5.74) is 0.197. The molecule has 0 aromatic carbocycles. The minimum Gasteiger partial charge on any atom is -0.444 e. The lowest BCUT2D eigenvalue weighted by Crippen LogP contribution is -2.32. The predicted molar refractivity (Wildman–Crippen MR) is 54.3 cm³/mol. The molecule has 5 nitrogen and oxygen atoms in total.